The summed E-state index contributed by atoms with van der Waals surface area (Å²) in [7, 11) is 3.36. The molecule has 6 heteroatoms. The molecule has 1 heterocycles. The Bertz CT molecular complexity index is 519. The van der Waals surface area contributed by atoms with Crippen LogP contribution in [-0.2, 0) is 9.53 Å². The molecule has 1 fully saturated rings. The van der Waals surface area contributed by atoms with E-state index in [1.54, 1.807) is 12.1 Å². The Hall–Kier alpha value is -0.810. The van der Waals surface area contributed by atoms with Gasteiger partial charge in [-0.1, -0.05) is 29.3 Å². The molecule has 1 aromatic carbocycles. The van der Waals surface area contributed by atoms with Crippen LogP contribution in [0.1, 0.15) is 24.4 Å². The Morgan fingerprint density at radius 2 is 2.05 bits per heavy atom. The first-order chi connectivity index (χ1) is 10.5. The van der Waals surface area contributed by atoms with E-state index in [9.17, 15) is 4.79 Å². The third-order valence-corrected chi connectivity index (χ3v) is 4.87. The molecule has 0 spiro atoms. The average molecular weight is 345 g/mol. The summed E-state index contributed by atoms with van der Waals surface area (Å²) in [6.45, 7) is 2.92. The van der Waals surface area contributed by atoms with Gasteiger partial charge in [0.05, 0.1) is 17.2 Å². The lowest BCUT2D eigenvalue weighted by atomic mass is 9.96. The fourth-order valence-corrected chi connectivity index (χ4v) is 3.25. The number of halogens is 2. The molecule has 0 amide bonds. The van der Waals surface area contributed by atoms with Crippen molar-refractivity contribution in [1.82, 2.24) is 10.2 Å². The predicted octanol–water partition coefficient (Wildman–Crippen LogP) is 3.14. The molecular formula is C16H22Cl2N2O2. The van der Waals surface area contributed by atoms with Crippen LogP contribution in [0.4, 0.5) is 0 Å². The molecule has 122 valence electrons. The zero-order chi connectivity index (χ0) is 16.1. The molecule has 4 nitrogen and oxygen atoms in total. The van der Waals surface area contributed by atoms with Crippen molar-refractivity contribution in [3.05, 3.63) is 33.8 Å². The van der Waals surface area contributed by atoms with Crippen molar-refractivity contribution < 1.29 is 9.53 Å². The second-order valence-corrected chi connectivity index (χ2v) is 6.55. The number of nitrogens with zero attached hydrogens (tertiary/aromatic N) is 1. The van der Waals surface area contributed by atoms with Crippen molar-refractivity contribution in [1.29, 1.82) is 0 Å². The summed E-state index contributed by atoms with van der Waals surface area (Å²) in [4.78, 5) is 14.3. The highest BCUT2D eigenvalue weighted by Crippen LogP contribution is 2.29. The number of hydrogen-bond donors (Lipinski definition) is 1. The zero-order valence-electron chi connectivity index (χ0n) is 12.9. The molecule has 0 radical (unpaired) electrons. The smallest absolute Gasteiger partial charge is 0.327 e. The third kappa shape index (κ3) is 4.35. The summed E-state index contributed by atoms with van der Waals surface area (Å²) in [6, 6.07) is 4.82. The van der Waals surface area contributed by atoms with Gasteiger partial charge in [0.1, 0.15) is 6.04 Å². The number of nitrogens with one attached hydrogen (secondary N) is 1. The molecule has 1 saturated heterocycles. The van der Waals surface area contributed by atoms with Crippen LogP contribution in [0.15, 0.2) is 18.2 Å². The summed E-state index contributed by atoms with van der Waals surface area (Å²) in [5.74, 6) is 0.302. The largest absolute Gasteiger partial charge is 0.468 e. The standard InChI is InChI=1S/C16H22Cl2N2O2/c1-20(10-11-5-7-19-8-6-11)15(16(21)22-2)12-3-4-13(17)14(18)9-12/h3-4,9,11,15,19H,5-8,10H2,1-2H3. The first-order valence-corrected chi connectivity index (χ1v) is 8.22. The molecule has 22 heavy (non-hydrogen) atoms. The van der Waals surface area contributed by atoms with Crippen LogP contribution in [0.2, 0.25) is 10.0 Å². The van der Waals surface area contributed by atoms with E-state index in [1.165, 1.54) is 7.11 Å². The molecule has 2 rings (SSSR count). The normalized spacial score (nSPS) is 17.5. The van der Waals surface area contributed by atoms with E-state index < -0.39 is 6.04 Å². The van der Waals surface area contributed by atoms with E-state index in [-0.39, 0.29) is 5.97 Å². The molecule has 1 aliphatic heterocycles. The maximum atomic E-state index is 12.2. The number of esters is 1. The fraction of sp³-hybridized carbons (Fsp3) is 0.562. The van der Waals surface area contributed by atoms with Gasteiger partial charge in [0.2, 0.25) is 0 Å². The van der Waals surface area contributed by atoms with Gasteiger partial charge in [-0.25, -0.2) is 4.79 Å². The van der Waals surface area contributed by atoms with Crippen molar-refractivity contribution in [2.75, 3.05) is 33.8 Å². The summed E-state index contributed by atoms with van der Waals surface area (Å²) in [6.07, 6.45) is 2.25. The average Bonchev–Trinajstić information content (AvgIpc) is 2.51. The topological polar surface area (TPSA) is 41.6 Å². The Balaban J connectivity index is 2.17. The van der Waals surface area contributed by atoms with E-state index in [0.717, 1.165) is 38.0 Å². The number of benzene rings is 1. The monoisotopic (exact) mass is 344 g/mol. The lowest BCUT2D eigenvalue weighted by Gasteiger charge is -2.32. The van der Waals surface area contributed by atoms with Gasteiger partial charge in [-0.2, -0.15) is 0 Å². The number of carbonyl (C=O) groups is 1. The van der Waals surface area contributed by atoms with Gasteiger partial charge in [-0.05, 0) is 56.6 Å². The zero-order valence-corrected chi connectivity index (χ0v) is 14.5. The Labute approximate surface area is 141 Å². The van der Waals surface area contributed by atoms with E-state index >= 15 is 0 Å². The van der Waals surface area contributed by atoms with E-state index in [4.69, 9.17) is 27.9 Å². The van der Waals surface area contributed by atoms with Gasteiger partial charge in [0, 0.05) is 6.54 Å². The SMILES string of the molecule is COC(=O)C(c1ccc(Cl)c(Cl)c1)N(C)CC1CCNCC1. The minimum Gasteiger partial charge on any atom is -0.468 e. The number of methoxy groups -OCH3 is 1. The first-order valence-electron chi connectivity index (χ1n) is 7.46. The number of carbonyl (C=O) groups excluding carboxylic acids is 1. The van der Waals surface area contributed by atoms with Crippen molar-refractivity contribution in [2.24, 2.45) is 5.92 Å². The molecule has 1 aromatic rings. The summed E-state index contributed by atoms with van der Waals surface area (Å²) in [5.41, 5.74) is 0.803. The van der Waals surface area contributed by atoms with Crippen molar-refractivity contribution in [3.63, 3.8) is 0 Å². The van der Waals surface area contributed by atoms with Crippen LogP contribution in [0.25, 0.3) is 0 Å². The van der Waals surface area contributed by atoms with Gasteiger partial charge in [0.15, 0.2) is 0 Å². The van der Waals surface area contributed by atoms with Crippen LogP contribution in [0.3, 0.4) is 0 Å². The van der Waals surface area contributed by atoms with Crippen molar-refractivity contribution in [2.45, 2.75) is 18.9 Å². The molecule has 0 aromatic heterocycles. The minimum absolute atomic E-state index is 0.283. The third-order valence-electron chi connectivity index (χ3n) is 4.13. The highest BCUT2D eigenvalue weighted by atomic mass is 35.5. The van der Waals surface area contributed by atoms with Gasteiger partial charge in [-0.15, -0.1) is 0 Å². The Kier molecular flexibility index (Phi) is 6.50. The highest BCUT2D eigenvalue weighted by molar-refractivity contribution is 6.42. The lowest BCUT2D eigenvalue weighted by Crippen LogP contribution is -2.38. The van der Waals surface area contributed by atoms with Gasteiger partial charge in [-0.3, -0.25) is 4.90 Å². The number of hydrogen-bond acceptors (Lipinski definition) is 4. The van der Waals surface area contributed by atoms with Crippen LogP contribution >= 0.6 is 23.2 Å². The Morgan fingerprint density at radius 1 is 1.36 bits per heavy atom. The molecule has 1 aliphatic rings. The Morgan fingerprint density at radius 3 is 2.64 bits per heavy atom. The summed E-state index contributed by atoms with van der Waals surface area (Å²) in [5, 5.41) is 4.28. The molecule has 1 N–H and O–H groups in total. The summed E-state index contributed by atoms with van der Waals surface area (Å²) >= 11 is 12.1. The molecule has 1 unspecified atom stereocenters. The number of likely N-dealkylation sites (N-methyl/N-ethyl adjacent to an activating group) is 1. The summed E-state index contributed by atoms with van der Waals surface area (Å²) < 4.78 is 4.98. The second-order valence-electron chi connectivity index (χ2n) is 5.73. The van der Waals surface area contributed by atoms with Crippen molar-refractivity contribution >= 4 is 29.2 Å². The number of piperidine rings is 1. The van der Waals surface area contributed by atoms with Crippen LogP contribution in [-0.4, -0.2) is 44.7 Å². The second kappa shape index (κ2) is 8.16. The van der Waals surface area contributed by atoms with Crippen LogP contribution in [0, 0.1) is 5.92 Å². The fourth-order valence-electron chi connectivity index (χ4n) is 2.94. The van der Waals surface area contributed by atoms with E-state index in [2.05, 4.69) is 5.32 Å². The molecule has 1 atom stereocenters. The van der Waals surface area contributed by atoms with Crippen molar-refractivity contribution in [3.8, 4) is 0 Å². The van der Waals surface area contributed by atoms with E-state index in [0.29, 0.717) is 16.0 Å². The lowest BCUT2D eigenvalue weighted by molar-refractivity contribution is -0.147. The maximum Gasteiger partial charge on any atom is 0.327 e. The van der Waals surface area contributed by atoms with E-state index in [1.807, 2.05) is 18.0 Å². The maximum absolute atomic E-state index is 12.2. The highest BCUT2D eigenvalue weighted by Gasteiger charge is 2.28. The number of rotatable bonds is 5. The molecular weight excluding hydrogens is 323 g/mol. The molecule has 0 bridgehead atoms. The quantitative estimate of drug-likeness (QED) is 0.833. The van der Waals surface area contributed by atoms with Crippen LogP contribution in [0.5, 0.6) is 0 Å². The van der Waals surface area contributed by atoms with Gasteiger partial charge in [0.25, 0.3) is 0 Å². The van der Waals surface area contributed by atoms with Gasteiger partial charge >= 0.3 is 5.97 Å². The van der Waals surface area contributed by atoms with Crippen LogP contribution < -0.4 is 5.32 Å². The minimum atomic E-state index is -0.463. The van der Waals surface area contributed by atoms with Gasteiger partial charge < -0.3 is 10.1 Å². The number of ether oxygens (including phenoxy) is 1. The first kappa shape index (κ1) is 17.5. The predicted molar refractivity (Wildman–Crippen MR) is 89.4 cm³/mol. The molecule has 0 saturated carbocycles. The molecule has 0 aliphatic carbocycles.